The lowest BCUT2D eigenvalue weighted by atomic mass is 9.99. The van der Waals surface area contributed by atoms with Crippen LogP contribution in [0, 0.1) is 5.82 Å². The molecule has 1 atom stereocenters. The highest BCUT2D eigenvalue weighted by Crippen LogP contribution is 2.32. The van der Waals surface area contributed by atoms with Crippen molar-refractivity contribution >= 4 is 11.9 Å². The highest BCUT2D eigenvalue weighted by atomic mass is 19.1. The van der Waals surface area contributed by atoms with Crippen LogP contribution in [0.25, 0.3) is 11.3 Å². The van der Waals surface area contributed by atoms with E-state index in [-0.39, 0.29) is 17.1 Å². The lowest BCUT2D eigenvalue weighted by molar-refractivity contribution is -0.147. The number of aliphatic carboxylic acids is 1. The van der Waals surface area contributed by atoms with Crippen molar-refractivity contribution in [3.8, 4) is 11.3 Å². The monoisotopic (exact) mass is 317 g/mol. The maximum absolute atomic E-state index is 13.8. The first-order valence-electron chi connectivity index (χ1n) is 7.33. The molecule has 1 aliphatic heterocycles. The number of hydrogen-bond donors (Lipinski definition) is 1. The van der Waals surface area contributed by atoms with Crippen LogP contribution in [0.5, 0.6) is 0 Å². The van der Waals surface area contributed by atoms with Gasteiger partial charge in [-0.05, 0) is 44.0 Å². The van der Waals surface area contributed by atoms with E-state index in [9.17, 15) is 19.1 Å². The predicted molar refractivity (Wildman–Crippen MR) is 80.4 cm³/mol. The minimum absolute atomic E-state index is 0.0117. The number of amides is 1. The first-order chi connectivity index (χ1) is 10.9. The fourth-order valence-corrected chi connectivity index (χ4v) is 2.90. The summed E-state index contributed by atoms with van der Waals surface area (Å²) >= 11 is 0. The molecule has 1 aromatic heterocycles. The number of likely N-dealkylation sites (tertiary alicyclic amines) is 1. The Morgan fingerprint density at radius 2 is 2.00 bits per heavy atom. The smallest absolute Gasteiger partial charge is 0.329 e. The number of carboxylic acids is 1. The second-order valence-corrected chi connectivity index (χ2v) is 5.78. The van der Waals surface area contributed by atoms with Crippen LogP contribution in [0.2, 0.25) is 0 Å². The van der Waals surface area contributed by atoms with Crippen molar-refractivity contribution < 1.29 is 23.5 Å². The molecule has 1 fully saturated rings. The molecule has 2 heterocycles. The van der Waals surface area contributed by atoms with Crippen molar-refractivity contribution in [2.75, 3.05) is 6.54 Å². The number of carbonyl (C=O) groups is 2. The molecule has 1 unspecified atom stereocenters. The van der Waals surface area contributed by atoms with Crippen molar-refractivity contribution in [2.24, 2.45) is 0 Å². The summed E-state index contributed by atoms with van der Waals surface area (Å²) in [6.45, 7) is 1.89. The first kappa shape index (κ1) is 15.3. The van der Waals surface area contributed by atoms with E-state index in [1.165, 1.54) is 30.0 Å². The highest BCUT2D eigenvalue weighted by molar-refractivity contribution is 5.96. The Morgan fingerprint density at radius 3 is 2.70 bits per heavy atom. The van der Waals surface area contributed by atoms with E-state index < -0.39 is 23.2 Å². The molecule has 1 aromatic carbocycles. The van der Waals surface area contributed by atoms with Crippen LogP contribution in [0.3, 0.4) is 0 Å². The van der Waals surface area contributed by atoms with E-state index in [2.05, 4.69) is 0 Å². The molecule has 0 bridgehead atoms. The molecule has 6 heteroatoms. The van der Waals surface area contributed by atoms with E-state index in [1.54, 1.807) is 18.2 Å². The molecule has 0 saturated carbocycles. The summed E-state index contributed by atoms with van der Waals surface area (Å²) in [5.41, 5.74) is -0.976. The third-order valence-corrected chi connectivity index (χ3v) is 4.30. The molecule has 1 saturated heterocycles. The number of nitrogens with zero attached hydrogens (tertiary/aromatic N) is 1. The molecule has 5 nitrogen and oxygen atoms in total. The average Bonchev–Trinajstić information content (AvgIpc) is 3.15. The largest absolute Gasteiger partial charge is 0.480 e. The molecule has 1 N–H and O–H groups in total. The Balaban J connectivity index is 1.90. The van der Waals surface area contributed by atoms with E-state index in [0.29, 0.717) is 19.4 Å². The maximum atomic E-state index is 13.8. The molecule has 1 aliphatic rings. The normalized spacial score (nSPS) is 20.7. The SMILES string of the molecule is CC1(C(=O)O)CCCN1C(=O)c1ccc(-c2ccccc2F)o1. The van der Waals surface area contributed by atoms with Gasteiger partial charge in [0.2, 0.25) is 0 Å². The topological polar surface area (TPSA) is 70.8 Å². The Hall–Kier alpha value is -2.63. The number of rotatable bonds is 3. The van der Waals surface area contributed by atoms with Gasteiger partial charge in [0.05, 0.1) is 5.56 Å². The van der Waals surface area contributed by atoms with E-state index in [0.717, 1.165) is 0 Å². The van der Waals surface area contributed by atoms with E-state index >= 15 is 0 Å². The van der Waals surface area contributed by atoms with Gasteiger partial charge in [-0.3, -0.25) is 4.79 Å². The summed E-state index contributed by atoms with van der Waals surface area (Å²) in [4.78, 5) is 25.3. The fourth-order valence-electron chi connectivity index (χ4n) is 2.90. The summed E-state index contributed by atoms with van der Waals surface area (Å²) in [5, 5.41) is 9.38. The Morgan fingerprint density at radius 1 is 1.26 bits per heavy atom. The molecule has 3 rings (SSSR count). The van der Waals surface area contributed by atoms with Crippen molar-refractivity contribution in [2.45, 2.75) is 25.3 Å². The molecule has 1 amide bonds. The minimum Gasteiger partial charge on any atom is -0.480 e. The Bertz CT molecular complexity index is 769. The van der Waals surface area contributed by atoms with Gasteiger partial charge in [0.25, 0.3) is 5.91 Å². The summed E-state index contributed by atoms with van der Waals surface area (Å²) in [5.74, 6) is -1.73. The number of carbonyl (C=O) groups excluding carboxylic acids is 1. The highest BCUT2D eigenvalue weighted by Gasteiger charge is 2.46. The van der Waals surface area contributed by atoms with Crippen LogP contribution in [-0.4, -0.2) is 34.0 Å². The molecule has 2 aromatic rings. The van der Waals surface area contributed by atoms with Gasteiger partial charge in [0, 0.05) is 6.54 Å². The molecule has 0 radical (unpaired) electrons. The zero-order valence-electron chi connectivity index (χ0n) is 12.6. The number of halogens is 1. The average molecular weight is 317 g/mol. The first-order valence-corrected chi connectivity index (χ1v) is 7.33. The van der Waals surface area contributed by atoms with Crippen LogP contribution < -0.4 is 0 Å². The molecule has 23 heavy (non-hydrogen) atoms. The summed E-state index contributed by atoms with van der Waals surface area (Å²) in [6.07, 6.45) is 1.02. The quantitative estimate of drug-likeness (QED) is 0.944. The van der Waals surface area contributed by atoms with Gasteiger partial charge in [-0.2, -0.15) is 0 Å². The Labute approximate surface area is 132 Å². The third kappa shape index (κ3) is 2.50. The minimum atomic E-state index is -1.23. The van der Waals surface area contributed by atoms with Crippen molar-refractivity contribution in [3.63, 3.8) is 0 Å². The second-order valence-electron chi connectivity index (χ2n) is 5.78. The van der Waals surface area contributed by atoms with Crippen LogP contribution >= 0.6 is 0 Å². The number of furan rings is 1. The van der Waals surface area contributed by atoms with Gasteiger partial charge in [-0.25, -0.2) is 9.18 Å². The fraction of sp³-hybridized carbons (Fsp3) is 0.294. The summed E-state index contributed by atoms with van der Waals surface area (Å²) < 4.78 is 19.3. The van der Waals surface area contributed by atoms with Gasteiger partial charge in [0.1, 0.15) is 17.1 Å². The van der Waals surface area contributed by atoms with E-state index in [1.807, 2.05) is 0 Å². The summed E-state index contributed by atoms with van der Waals surface area (Å²) in [6, 6.07) is 9.06. The molecule has 120 valence electrons. The van der Waals surface area contributed by atoms with Gasteiger partial charge < -0.3 is 14.4 Å². The lowest BCUT2D eigenvalue weighted by Crippen LogP contribution is -2.50. The lowest BCUT2D eigenvalue weighted by Gasteiger charge is -2.30. The van der Waals surface area contributed by atoms with E-state index in [4.69, 9.17) is 4.42 Å². The second kappa shape index (κ2) is 5.53. The zero-order chi connectivity index (χ0) is 16.6. The molecule has 0 spiro atoms. The van der Waals surface area contributed by atoms with Gasteiger partial charge in [0.15, 0.2) is 5.76 Å². The number of carboxylic acid groups (broad SMARTS) is 1. The van der Waals surface area contributed by atoms with Crippen molar-refractivity contribution in [3.05, 3.63) is 48.0 Å². The summed E-state index contributed by atoms with van der Waals surface area (Å²) in [7, 11) is 0. The number of hydrogen-bond acceptors (Lipinski definition) is 3. The van der Waals surface area contributed by atoms with Crippen LogP contribution in [0.15, 0.2) is 40.8 Å². The number of benzene rings is 1. The molecule has 0 aliphatic carbocycles. The van der Waals surface area contributed by atoms with Gasteiger partial charge in [-0.1, -0.05) is 12.1 Å². The van der Waals surface area contributed by atoms with Gasteiger partial charge in [-0.15, -0.1) is 0 Å². The standard InChI is InChI=1S/C17H16FNO4/c1-17(16(21)22)9-4-10-19(17)15(20)14-8-7-13(23-14)11-5-2-3-6-12(11)18/h2-3,5-8H,4,9-10H2,1H3,(H,21,22). The zero-order valence-corrected chi connectivity index (χ0v) is 12.6. The Kier molecular flexibility index (Phi) is 3.67. The predicted octanol–water partition coefficient (Wildman–Crippen LogP) is 3.17. The van der Waals surface area contributed by atoms with Gasteiger partial charge >= 0.3 is 5.97 Å². The van der Waals surface area contributed by atoms with Crippen molar-refractivity contribution in [1.82, 2.24) is 4.90 Å². The van der Waals surface area contributed by atoms with Crippen molar-refractivity contribution in [1.29, 1.82) is 0 Å². The molecular formula is C17H16FNO4. The molecular weight excluding hydrogens is 301 g/mol. The van der Waals surface area contributed by atoms with Crippen LogP contribution in [0.1, 0.15) is 30.3 Å². The van der Waals surface area contributed by atoms with Crippen LogP contribution in [0.4, 0.5) is 4.39 Å². The maximum Gasteiger partial charge on any atom is 0.329 e. The van der Waals surface area contributed by atoms with Crippen LogP contribution in [-0.2, 0) is 4.79 Å². The third-order valence-electron chi connectivity index (χ3n) is 4.30.